The lowest BCUT2D eigenvalue weighted by atomic mass is 10.1. The van der Waals surface area contributed by atoms with Crippen molar-refractivity contribution in [3.8, 4) is 0 Å². The van der Waals surface area contributed by atoms with Crippen LogP contribution in [0.3, 0.4) is 0 Å². The van der Waals surface area contributed by atoms with Crippen molar-refractivity contribution in [1.82, 2.24) is 25.1 Å². The first-order valence-electron chi connectivity index (χ1n) is 7.83. The molecule has 22 heavy (non-hydrogen) atoms. The van der Waals surface area contributed by atoms with Crippen LogP contribution in [0, 0.1) is 19.8 Å². The summed E-state index contributed by atoms with van der Waals surface area (Å²) in [7, 11) is 1.97. The number of carbonyl (C=O) groups is 1. The molecule has 3 rings (SSSR count). The van der Waals surface area contributed by atoms with Crippen molar-refractivity contribution in [3.05, 3.63) is 35.2 Å². The van der Waals surface area contributed by atoms with E-state index in [9.17, 15) is 4.79 Å². The maximum atomic E-state index is 12.3. The van der Waals surface area contributed by atoms with Crippen molar-refractivity contribution < 1.29 is 4.79 Å². The number of aryl methyl sites for hydroxylation is 3. The zero-order valence-electron chi connectivity index (χ0n) is 13.4. The zero-order chi connectivity index (χ0) is 15.7. The molecule has 2 aromatic heterocycles. The van der Waals surface area contributed by atoms with Crippen molar-refractivity contribution in [1.29, 1.82) is 0 Å². The molecule has 0 spiro atoms. The number of aromatic amines is 1. The lowest BCUT2D eigenvalue weighted by molar-refractivity contribution is -0.122. The van der Waals surface area contributed by atoms with E-state index < -0.39 is 0 Å². The Kier molecular flexibility index (Phi) is 4.00. The van der Waals surface area contributed by atoms with Crippen molar-refractivity contribution in [2.75, 3.05) is 0 Å². The van der Waals surface area contributed by atoms with Gasteiger partial charge in [0.15, 0.2) is 0 Å². The largest absolute Gasteiger partial charge is 0.346 e. The summed E-state index contributed by atoms with van der Waals surface area (Å²) in [5.74, 6) is 1.54. The molecule has 0 aliphatic heterocycles. The number of amides is 1. The van der Waals surface area contributed by atoms with E-state index in [1.807, 2.05) is 31.7 Å². The Morgan fingerprint density at radius 2 is 2.27 bits per heavy atom. The van der Waals surface area contributed by atoms with Crippen LogP contribution in [0.25, 0.3) is 0 Å². The van der Waals surface area contributed by atoms with E-state index in [0.717, 1.165) is 35.6 Å². The second kappa shape index (κ2) is 5.94. The summed E-state index contributed by atoms with van der Waals surface area (Å²) in [6.07, 6.45) is 7.16. The third-order valence-electron chi connectivity index (χ3n) is 4.49. The number of nitrogens with one attached hydrogen (secondary N) is 2. The van der Waals surface area contributed by atoms with Gasteiger partial charge in [-0.1, -0.05) is 0 Å². The highest BCUT2D eigenvalue weighted by molar-refractivity contribution is 5.76. The van der Waals surface area contributed by atoms with Gasteiger partial charge in [0, 0.05) is 38.0 Å². The minimum Gasteiger partial charge on any atom is -0.346 e. The number of nitrogens with zero attached hydrogens (tertiary/aromatic N) is 3. The van der Waals surface area contributed by atoms with E-state index in [0.29, 0.717) is 18.8 Å². The quantitative estimate of drug-likeness (QED) is 0.856. The molecule has 2 N–H and O–H groups in total. The molecule has 1 amide bonds. The van der Waals surface area contributed by atoms with Crippen LogP contribution < -0.4 is 5.32 Å². The summed E-state index contributed by atoms with van der Waals surface area (Å²) in [6.45, 7) is 4.03. The predicted octanol–water partition coefficient (Wildman–Crippen LogP) is 1.96. The van der Waals surface area contributed by atoms with E-state index >= 15 is 0 Å². The monoisotopic (exact) mass is 301 g/mol. The first-order valence-corrected chi connectivity index (χ1v) is 7.83. The highest BCUT2D eigenvalue weighted by Crippen LogP contribution is 2.40. The number of imidazole rings is 1. The Labute approximate surface area is 130 Å². The van der Waals surface area contributed by atoms with Crippen LogP contribution in [-0.4, -0.2) is 25.7 Å². The fourth-order valence-electron chi connectivity index (χ4n) is 2.76. The molecular weight excluding hydrogens is 278 g/mol. The summed E-state index contributed by atoms with van der Waals surface area (Å²) < 4.78 is 1.99. The summed E-state index contributed by atoms with van der Waals surface area (Å²) in [5, 5.41) is 10.4. The standard InChI is InChI=1S/C16H23N5O/c1-10-11(2)19-20-13(10)6-7-14(22)18-15(12-4-5-12)16-17-8-9-21(16)3/h8-9,12,15H,4-7H2,1-3H3,(H,18,22)(H,19,20)/t15-/m1/s1. The van der Waals surface area contributed by atoms with Crippen LogP contribution in [0.4, 0.5) is 0 Å². The lowest BCUT2D eigenvalue weighted by Gasteiger charge is -2.18. The Balaban J connectivity index is 1.60. The van der Waals surface area contributed by atoms with Crippen molar-refractivity contribution in [2.24, 2.45) is 13.0 Å². The smallest absolute Gasteiger partial charge is 0.220 e. The van der Waals surface area contributed by atoms with Gasteiger partial charge >= 0.3 is 0 Å². The molecule has 6 nitrogen and oxygen atoms in total. The molecule has 1 saturated carbocycles. The molecule has 2 heterocycles. The molecule has 1 fully saturated rings. The number of rotatable bonds is 6. The third-order valence-corrected chi connectivity index (χ3v) is 4.49. The highest BCUT2D eigenvalue weighted by atomic mass is 16.1. The van der Waals surface area contributed by atoms with Crippen molar-refractivity contribution >= 4 is 5.91 Å². The molecule has 0 unspecified atom stereocenters. The normalized spacial score (nSPS) is 15.8. The fourth-order valence-corrected chi connectivity index (χ4v) is 2.76. The highest BCUT2D eigenvalue weighted by Gasteiger charge is 2.35. The van der Waals surface area contributed by atoms with Crippen molar-refractivity contribution in [2.45, 2.75) is 45.6 Å². The molecule has 1 aliphatic rings. The fraction of sp³-hybridized carbons (Fsp3) is 0.562. The average Bonchev–Trinajstić information content (AvgIpc) is 3.18. The van der Waals surface area contributed by atoms with Gasteiger partial charge in [-0.2, -0.15) is 5.10 Å². The van der Waals surface area contributed by atoms with Crippen LogP contribution >= 0.6 is 0 Å². The van der Waals surface area contributed by atoms with Gasteiger partial charge in [0.05, 0.1) is 11.7 Å². The van der Waals surface area contributed by atoms with Crippen LogP contribution in [-0.2, 0) is 18.3 Å². The van der Waals surface area contributed by atoms with Gasteiger partial charge < -0.3 is 9.88 Å². The SMILES string of the molecule is Cc1[nH]nc(CCC(=O)N[C@@H](c2nccn2C)C2CC2)c1C. The summed E-state index contributed by atoms with van der Waals surface area (Å²) >= 11 is 0. The minimum atomic E-state index is 0.0366. The number of hydrogen-bond acceptors (Lipinski definition) is 3. The van der Waals surface area contributed by atoms with E-state index in [1.165, 1.54) is 0 Å². The Morgan fingerprint density at radius 3 is 2.82 bits per heavy atom. The lowest BCUT2D eigenvalue weighted by Crippen LogP contribution is -2.31. The van der Waals surface area contributed by atoms with Gasteiger partial charge in [-0.15, -0.1) is 0 Å². The molecule has 0 saturated heterocycles. The number of hydrogen-bond donors (Lipinski definition) is 2. The van der Waals surface area contributed by atoms with Gasteiger partial charge in [0.25, 0.3) is 0 Å². The van der Waals surface area contributed by atoms with E-state index in [4.69, 9.17) is 0 Å². The minimum absolute atomic E-state index is 0.0366. The zero-order valence-corrected chi connectivity index (χ0v) is 13.4. The maximum absolute atomic E-state index is 12.3. The molecule has 1 aliphatic carbocycles. The maximum Gasteiger partial charge on any atom is 0.220 e. The molecule has 0 bridgehead atoms. The van der Waals surface area contributed by atoms with Gasteiger partial charge in [0.2, 0.25) is 5.91 Å². The van der Waals surface area contributed by atoms with Gasteiger partial charge in [-0.25, -0.2) is 4.98 Å². The molecular formula is C16H23N5O. The molecule has 6 heteroatoms. The summed E-state index contributed by atoms with van der Waals surface area (Å²) in [4.78, 5) is 16.7. The van der Waals surface area contributed by atoms with E-state index in [1.54, 1.807) is 6.20 Å². The van der Waals surface area contributed by atoms with Gasteiger partial charge in [0.1, 0.15) is 5.82 Å². The Morgan fingerprint density at radius 1 is 1.50 bits per heavy atom. The third kappa shape index (κ3) is 3.05. The topological polar surface area (TPSA) is 75.6 Å². The van der Waals surface area contributed by atoms with E-state index in [2.05, 4.69) is 20.5 Å². The molecule has 1 atom stereocenters. The van der Waals surface area contributed by atoms with Crippen LogP contribution in [0.1, 0.15) is 48.1 Å². The number of H-pyrrole nitrogens is 1. The summed E-state index contributed by atoms with van der Waals surface area (Å²) in [6, 6.07) is 0.0366. The second-order valence-corrected chi connectivity index (χ2v) is 6.20. The van der Waals surface area contributed by atoms with E-state index in [-0.39, 0.29) is 11.9 Å². The Bertz CT molecular complexity index is 668. The second-order valence-electron chi connectivity index (χ2n) is 6.20. The van der Waals surface area contributed by atoms with Gasteiger partial charge in [-0.3, -0.25) is 9.89 Å². The molecule has 118 valence electrons. The predicted molar refractivity (Wildman–Crippen MR) is 83.2 cm³/mol. The average molecular weight is 301 g/mol. The van der Waals surface area contributed by atoms with Crippen molar-refractivity contribution in [3.63, 3.8) is 0 Å². The Hall–Kier alpha value is -2.11. The van der Waals surface area contributed by atoms with Crippen LogP contribution in [0.5, 0.6) is 0 Å². The first kappa shape index (κ1) is 14.8. The molecule has 0 aromatic carbocycles. The number of aromatic nitrogens is 4. The van der Waals surface area contributed by atoms with Gasteiger partial charge in [-0.05, 0) is 38.2 Å². The molecule has 2 aromatic rings. The number of carbonyl (C=O) groups excluding carboxylic acids is 1. The van der Waals surface area contributed by atoms with Crippen LogP contribution in [0.2, 0.25) is 0 Å². The molecule has 0 radical (unpaired) electrons. The first-order chi connectivity index (χ1) is 10.6. The van der Waals surface area contributed by atoms with Crippen LogP contribution in [0.15, 0.2) is 12.4 Å². The summed E-state index contributed by atoms with van der Waals surface area (Å²) in [5.41, 5.74) is 3.20.